The number of likely N-dealkylation sites (tertiary alicyclic amines) is 1. The molecule has 0 amide bonds. The molecule has 1 saturated heterocycles. The third kappa shape index (κ3) is 5.44. The Hall–Kier alpha value is -4.74. The van der Waals surface area contributed by atoms with Crippen LogP contribution < -0.4 is 0 Å². The molecule has 1 fully saturated rings. The van der Waals surface area contributed by atoms with Crippen LogP contribution in [0.3, 0.4) is 0 Å². The van der Waals surface area contributed by atoms with Crippen LogP contribution >= 0.6 is 0 Å². The summed E-state index contributed by atoms with van der Waals surface area (Å²) in [5.74, 6) is 0.119. The molecule has 5 aromatic rings. The Labute approximate surface area is 253 Å². The highest BCUT2D eigenvalue weighted by molar-refractivity contribution is 6.04. The third-order valence-corrected chi connectivity index (χ3v) is 8.04. The minimum Gasteiger partial charge on any atom is -0.443 e. The van der Waals surface area contributed by atoms with E-state index in [1.54, 1.807) is 10.8 Å². The van der Waals surface area contributed by atoms with Crippen molar-refractivity contribution in [1.29, 1.82) is 0 Å². The smallest absolute Gasteiger partial charge is 0.419 e. The van der Waals surface area contributed by atoms with E-state index in [1.165, 1.54) is 0 Å². The van der Waals surface area contributed by atoms with E-state index >= 15 is 0 Å². The second kappa shape index (κ2) is 11.5. The summed E-state index contributed by atoms with van der Waals surface area (Å²) in [6, 6.07) is 39.4. The van der Waals surface area contributed by atoms with Crippen molar-refractivity contribution in [3.63, 3.8) is 0 Å². The topological polar surface area (TPSA) is 51.5 Å². The number of aromatic nitrogens is 1. The van der Waals surface area contributed by atoms with Crippen molar-refractivity contribution in [2.45, 2.75) is 38.3 Å². The molecular formula is C38H36N2O3. The van der Waals surface area contributed by atoms with E-state index in [4.69, 9.17) is 4.74 Å². The van der Waals surface area contributed by atoms with Gasteiger partial charge in [-0.05, 0) is 49.6 Å². The molecule has 0 atom stereocenters. The molecule has 0 aliphatic carbocycles. The van der Waals surface area contributed by atoms with E-state index in [-0.39, 0.29) is 5.78 Å². The van der Waals surface area contributed by atoms with Crippen molar-refractivity contribution in [2.75, 3.05) is 13.1 Å². The van der Waals surface area contributed by atoms with Crippen molar-refractivity contribution < 1.29 is 14.3 Å². The summed E-state index contributed by atoms with van der Waals surface area (Å²) < 4.78 is 7.24. The van der Waals surface area contributed by atoms with Gasteiger partial charge in [0.15, 0.2) is 5.78 Å². The van der Waals surface area contributed by atoms with Gasteiger partial charge in [0.1, 0.15) is 5.60 Å². The standard InChI is InChI=1S/C38H36N2O3/c1-37(2,3)43-36(42)40-27-28(33-21-13-14-22-34(33)40)25-29-26-39(24-23-35(29)41)38(30-15-7-4-8-16-30,31-17-9-5-10-18-31)32-19-11-6-12-20-32/h4-22,25,27H,23-24,26H2,1-3H3/b29-25+. The average molecular weight is 569 g/mol. The van der Waals surface area contributed by atoms with Gasteiger partial charge >= 0.3 is 6.09 Å². The molecule has 1 aliphatic rings. The normalized spacial score (nSPS) is 15.6. The summed E-state index contributed by atoms with van der Waals surface area (Å²) >= 11 is 0. The predicted molar refractivity (Wildman–Crippen MR) is 172 cm³/mol. The molecule has 6 rings (SSSR count). The molecule has 4 aromatic carbocycles. The minimum atomic E-state index is -0.628. The average Bonchev–Trinajstić information content (AvgIpc) is 3.38. The molecular weight excluding hydrogens is 532 g/mol. The van der Waals surface area contributed by atoms with Gasteiger partial charge in [-0.25, -0.2) is 4.79 Å². The Bertz CT molecular complexity index is 1680. The lowest BCUT2D eigenvalue weighted by molar-refractivity contribution is -0.117. The zero-order valence-electron chi connectivity index (χ0n) is 24.9. The number of carbonyl (C=O) groups is 2. The summed E-state index contributed by atoms with van der Waals surface area (Å²) in [5, 5.41) is 0.895. The molecule has 0 saturated carbocycles. The highest BCUT2D eigenvalue weighted by Gasteiger charge is 2.44. The Morgan fingerprint density at radius 3 is 1.79 bits per heavy atom. The fourth-order valence-electron chi connectivity index (χ4n) is 6.24. The van der Waals surface area contributed by atoms with Gasteiger partial charge in [0.05, 0.1) is 11.1 Å². The first-order valence-electron chi connectivity index (χ1n) is 14.8. The van der Waals surface area contributed by atoms with Crippen LogP contribution in [-0.2, 0) is 15.1 Å². The molecule has 5 heteroatoms. The molecule has 5 nitrogen and oxygen atoms in total. The van der Waals surface area contributed by atoms with Gasteiger partial charge in [0.2, 0.25) is 0 Å². The maximum atomic E-state index is 13.6. The number of hydrogen-bond acceptors (Lipinski definition) is 4. The van der Waals surface area contributed by atoms with Gasteiger partial charge in [-0.15, -0.1) is 0 Å². The minimum absolute atomic E-state index is 0.119. The van der Waals surface area contributed by atoms with Gasteiger partial charge in [0, 0.05) is 42.2 Å². The highest BCUT2D eigenvalue weighted by atomic mass is 16.6. The number of para-hydroxylation sites is 1. The fraction of sp³-hybridized carbons (Fsp3) is 0.211. The number of fused-ring (bicyclic) bond motifs is 1. The number of Topliss-reactive ketones (excluding diaryl/α,β-unsaturated/α-hetero) is 1. The Balaban J connectivity index is 1.49. The maximum Gasteiger partial charge on any atom is 0.419 e. The number of ether oxygens (including phenoxy) is 1. The van der Waals surface area contributed by atoms with Crippen molar-refractivity contribution in [1.82, 2.24) is 9.47 Å². The van der Waals surface area contributed by atoms with E-state index < -0.39 is 17.2 Å². The second-order valence-corrected chi connectivity index (χ2v) is 12.0. The van der Waals surface area contributed by atoms with E-state index in [9.17, 15) is 9.59 Å². The first-order chi connectivity index (χ1) is 20.8. The van der Waals surface area contributed by atoms with Gasteiger partial charge in [-0.1, -0.05) is 109 Å². The number of hydrogen-bond donors (Lipinski definition) is 0. The van der Waals surface area contributed by atoms with Crippen LogP contribution in [0.5, 0.6) is 0 Å². The van der Waals surface area contributed by atoms with Gasteiger partial charge in [-0.3, -0.25) is 14.3 Å². The number of rotatable bonds is 5. The molecule has 2 heterocycles. The molecule has 0 radical (unpaired) electrons. The number of ketones is 1. The first kappa shape index (κ1) is 28.4. The Morgan fingerprint density at radius 2 is 1.26 bits per heavy atom. The number of benzene rings is 4. The lowest BCUT2D eigenvalue weighted by Gasteiger charge is -2.47. The monoisotopic (exact) mass is 568 g/mol. The summed E-state index contributed by atoms with van der Waals surface area (Å²) in [6.07, 6.45) is 3.70. The lowest BCUT2D eigenvalue weighted by Crippen LogP contribution is -2.52. The zero-order chi connectivity index (χ0) is 30.0. The highest BCUT2D eigenvalue weighted by Crippen LogP contribution is 2.44. The van der Waals surface area contributed by atoms with Crippen LogP contribution in [0.15, 0.2) is 127 Å². The molecule has 216 valence electrons. The quantitative estimate of drug-likeness (QED) is 0.159. The van der Waals surface area contributed by atoms with Gasteiger partial charge < -0.3 is 4.74 Å². The first-order valence-corrected chi connectivity index (χ1v) is 14.8. The summed E-state index contributed by atoms with van der Waals surface area (Å²) in [4.78, 5) is 29.1. The van der Waals surface area contributed by atoms with Crippen LogP contribution in [-0.4, -0.2) is 40.0 Å². The van der Waals surface area contributed by atoms with Crippen LogP contribution in [0.1, 0.15) is 49.4 Å². The summed E-state index contributed by atoms with van der Waals surface area (Å²) in [5.41, 5.74) is 4.45. The second-order valence-electron chi connectivity index (χ2n) is 12.0. The molecule has 0 bridgehead atoms. The Kier molecular flexibility index (Phi) is 7.59. The molecule has 1 aliphatic heterocycles. The molecule has 0 unspecified atom stereocenters. The fourth-order valence-corrected chi connectivity index (χ4v) is 6.24. The molecule has 43 heavy (non-hydrogen) atoms. The summed E-state index contributed by atoms with van der Waals surface area (Å²) in [6.45, 7) is 6.62. The SMILES string of the molecule is CC(C)(C)OC(=O)n1cc(/C=C2\CN(C(c3ccccc3)(c3ccccc3)c3ccccc3)CCC2=O)c2ccccc21. The number of carbonyl (C=O) groups excluding carboxylic acids is 2. The lowest BCUT2D eigenvalue weighted by atomic mass is 9.74. The predicted octanol–water partition coefficient (Wildman–Crippen LogP) is 8.07. The number of nitrogens with zero attached hydrogens (tertiary/aromatic N) is 2. The van der Waals surface area contributed by atoms with Crippen molar-refractivity contribution in [2.24, 2.45) is 0 Å². The summed E-state index contributed by atoms with van der Waals surface area (Å²) in [7, 11) is 0. The molecule has 1 aromatic heterocycles. The van der Waals surface area contributed by atoms with E-state index in [0.717, 1.165) is 33.2 Å². The van der Waals surface area contributed by atoms with Crippen molar-refractivity contribution in [3.05, 3.63) is 149 Å². The molecule has 0 N–H and O–H groups in total. The van der Waals surface area contributed by atoms with Crippen molar-refractivity contribution >= 4 is 28.9 Å². The Morgan fingerprint density at radius 1 is 0.744 bits per heavy atom. The number of piperidine rings is 1. The van der Waals surface area contributed by atoms with Crippen LogP contribution in [0, 0.1) is 0 Å². The van der Waals surface area contributed by atoms with E-state index in [2.05, 4.69) is 77.7 Å². The largest absolute Gasteiger partial charge is 0.443 e. The van der Waals surface area contributed by atoms with E-state index in [0.29, 0.717) is 25.1 Å². The van der Waals surface area contributed by atoms with Gasteiger partial charge in [0.25, 0.3) is 0 Å². The van der Waals surface area contributed by atoms with Crippen LogP contribution in [0.25, 0.3) is 17.0 Å². The van der Waals surface area contributed by atoms with Gasteiger partial charge in [-0.2, -0.15) is 0 Å². The van der Waals surface area contributed by atoms with Crippen LogP contribution in [0.4, 0.5) is 4.79 Å². The van der Waals surface area contributed by atoms with Crippen LogP contribution in [0.2, 0.25) is 0 Å². The van der Waals surface area contributed by atoms with E-state index in [1.807, 2.05) is 69.3 Å². The van der Waals surface area contributed by atoms with Crippen molar-refractivity contribution in [3.8, 4) is 0 Å². The third-order valence-electron chi connectivity index (χ3n) is 8.04. The zero-order valence-corrected chi connectivity index (χ0v) is 24.9. The maximum absolute atomic E-state index is 13.6. The molecule has 0 spiro atoms.